The number of hydrogen-bond acceptors (Lipinski definition) is 4. The predicted octanol–water partition coefficient (Wildman–Crippen LogP) is 2.96. The average molecular weight is 348 g/mol. The summed E-state index contributed by atoms with van der Waals surface area (Å²) < 4.78 is 15.6. The Morgan fingerprint density at radius 2 is 2.00 bits per heavy atom. The Hall–Kier alpha value is -3.92. The largest absolute Gasteiger partial charge is 0.508 e. The zero-order chi connectivity index (χ0) is 18.5. The summed E-state index contributed by atoms with van der Waals surface area (Å²) in [5.41, 5.74) is 3.67. The number of aromatic nitrogens is 1. The van der Waals surface area contributed by atoms with E-state index in [1.165, 1.54) is 18.3 Å². The monoisotopic (exact) mass is 348 g/mol. The molecule has 0 bridgehead atoms. The maximum absolute atomic E-state index is 13.8. The number of nitriles is 1. The van der Waals surface area contributed by atoms with Crippen LogP contribution in [0.25, 0.3) is 5.69 Å². The maximum Gasteiger partial charge on any atom is 0.274 e. The molecule has 0 saturated carbocycles. The highest BCUT2D eigenvalue weighted by Gasteiger charge is 2.11. The van der Waals surface area contributed by atoms with Crippen molar-refractivity contribution in [3.05, 3.63) is 83.4 Å². The van der Waals surface area contributed by atoms with Crippen LogP contribution in [0.4, 0.5) is 4.39 Å². The van der Waals surface area contributed by atoms with Crippen molar-refractivity contribution in [1.29, 1.82) is 5.26 Å². The van der Waals surface area contributed by atoms with E-state index in [4.69, 9.17) is 5.26 Å². The number of phenolic OH excluding ortho intramolecular Hbond substituents is 1. The van der Waals surface area contributed by atoms with Crippen LogP contribution < -0.4 is 5.43 Å². The molecule has 0 aliphatic rings. The van der Waals surface area contributed by atoms with Crippen LogP contribution in [-0.4, -0.2) is 21.8 Å². The zero-order valence-electron chi connectivity index (χ0n) is 13.4. The number of rotatable bonds is 4. The van der Waals surface area contributed by atoms with Crippen molar-refractivity contribution in [2.45, 2.75) is 0 Å². The Balaban J connectivity index is 1.74. The Morgan fingerprint density at radius 1 is 1.23 bits per heavy atom. The lowest BCUT2D eigenvalue weighted by molar-refractivity contribution is 0.0951. The summed E-state index contributed by atoms with van der Waals surface area (Å²) in [6.45, 7) is 0. The van der Waals surface area contributed by atoms with Gasteiger partial charge in [-0.25, -0.2) is 9.82 Å². The number of hydrazone groups is 1. The summed E-state index contributed by atoms with van der Waals surface area (Å²) in [6.07, 6.45) is 3.22. The number of halogens is 1. The summed E-state index contributed by atoms with van der Waals surface area (Å²) in [4.78, 5) is 12.0. The Bertz CT molecular complexity index is 1020. The highest BCUT2D eigenvalue weighted by Crippen LogP contribution is 2.15. The third-order valence-corrected chi connectivity index (χ3v) is 3.61. The van der Waals surface area contributed by atoms with E-state index >= 15 is 0 Å². The number of aromatic hydroxyl groups is 1. The lowest BCUT2D eigenvalue weighted by Crippen LogP contribution is -2.19. The van der Waals surface area contributed by atoms with Crippen LogP contribution in [0.2, 0.25) is 0 Å². The first-order chi connectivity index (χ1) is 12.6. The van der Waals surface area contributed by atoms with Crippen LogP contribution in [0, 0.1) is 17.1 Å². The molecule has 3 aromatic rings. The van der Waals surface area contributed by atoms with Crippen molar-refractivity contribution in [3.63, 3.8) is 0 Å². The second kappa shape index (κ2) is 7.32. The molecule has 0 atom stereocenters. The Morgan fingerprint density at radius 3 is 2.69 bits per heavy atom. The molecule has 0 aliphatic carbocycles. The molecule has 0 unspecified atom stereocenters. The minimum absolute atomic E-state index is 0.134. The molecule has 1 heterocycles. The number of benzene rings is 2. The summed E-state index contributed by atoms with van der Waals surface area (Å²) >= 11 is 0. The molecule has 0 aliphatic heterocycles. The van der Waals surface area contributed by atoms with Gasteiger partial charge in [0.2, 0.25) is 0 Å². The van der Waals surface area contributed by atoms with Gasteiger partial charge in [-0.3, -0.25) is 4.79 Å². The van der Waals surface area contributed by atoms with Gasteiger partial charge >= 0.3 is 0 Å². The molecule has 0 spiro atoms. The van der Waals surface area contributed by atoms with Crippen LogP contribution in [0.1, 0.15) is 21.6 Å². The van der Waals surface area contributed by atoms with Crippen molar-refractivity contribution in [2.24, 2.45) is 5.10 Å². The number of carbonyl (C=O) groups excluding carboxylic acids is 1. The van der Waals surface area contributed by atoms with Gasteiger partial charge in [0.1, 0.15) is 11.6 Å². The van der Waals surface area contributed by atoms with Gasteiger partial charge in [-0.05, 0) is 54.6 Å². The van der Waals surface area contributed by atoms with Gasteiger partial charge in [-0.1, -0.05) is 0 Å². The van der Waals surface area contributed by atoms with E-state index in [1.54, 1.807) is 53.2 Å². The minimum Gasteiger partial charge on any atom is -0.508 e. The van der Waals surface area contributed by atoms with Gasteiger partial charge in [0.05, 0.1) is 29.1 Å². The first-order valence-corrected chi connectivity index (χ1v) is 7.58. The lowest BCUT2D eigenvalue weighted by atomic mass is 10.1. The van der Waals surface area contributed by atoms with Gasteiger partial charge in [0, 0.05) is 11.9 Å². The molecule has 1 amide bonds. The molecule has 2 N–H and O–H groups in total. The van der Waals surface area contributed by atoms with Crippen LogP contribution in [-0.2, 0) is 0 Å². The van der Waals surface area contributed by atoms with E-state index in [0.29, 0.717) is 5.69 Å². The number of carbonyl (C=O) groups is 1. The fourth-order valence-corrected chi connectivity index (χ4v) is 2.33. The first kappa shape index (κ1) is 16.9. The van der Waals surface area contributed by atoms with Gasteiger partial charge in [-0.15, -0.1) is 0 Å². The number of phenols is 1. The smallest absolute Gasteiger partial charge is 0.274 e. The van der Waals surface area contributed by atoms with Crippen LogP contribution in [0.15, 0.2) is 65.9 Å². The van der Waals surface area contributed by atoms with E-state index < -0.39 is 11.7 Å². The van der Waals surface area contributed by atoms with E-state index in [9.17, 15) is 14.3 Å². The predicted molar refractivity (Wildman–Crippen MR) is 93.6 cm³/mol. The Labute approximate surface area is 148 Å². The number of hydrogen-bond donors (Lipinski definition) is 2. The van der Waals surface area contributed by atoms with E-state index in [-0.39, 0.29) is 16.9 Å². The molecule has 0 saturated heterocycles. The highest BCUT2D eigenvalue weighted by molar-refractivity contribution is 5.95. The molecule has 1 aromatic heterocycles. The summed E-state index contributed by atoms with van der Waals surface area (Å²) in [6, 6.07) is 15.6. The summed E-state index contributed by atoms with van der Waals surface area (Å²) in [5, 5.41) is 21.9. The summed E-state index contributed by atoms with van der Waals surface area (Å²) in [7, 11) is 0. The van der Waals surface area contributed by atoms with E-state index in [1.807, 2.05) is 0 Å². The third-order valence-electron chi connectivity index (χ3n) is 3.61. The quantitative estimate of drug-likeness (QED) is 0.561. The second-order valence-electron chi connectivity index (χ2n) is 5.33. The van der Waals surface area contributed by atoms with Crippen molar-refractivity contribution in [1.82, 2.24) is 9.99 Å². The number of nitrogens with zero attached hydrogens (tertiary/aromatic N) is 3. The standard InChI is InChI=1S/C19H13FN4O2/c20-18-10-13(11-21)3-8-17(18)19(26)23-22-12-15-2-1-9-24(15)14-4-6-16(25)7-5-14/h1-10,12,25H,(H,23,26)/b22-12-. The molecule has 128 valence electrons. The molecule has 26 heavy (non-hydrogen) atoms. The van der Waals surface area contributed by atoms with Crippen molar-refractivity contribution >= 4 is 12.1 Å². The average Bonchev–Trinajstić information content (AvgIpc) is 3.10. The lowest BCUT2D eigenvalue weighted by Gasteiger charge is -2.06. The summed E-state index contributed by atoms with van der Waals surface area (Å²) in [5.74, 6) is -1.34. The van der Waals surface area contributed by atoms with Gasteiger partial charge in [0.25, 0.3) is 5.91 Å². The van der Waals surface area contributed by atoms with Gasteiger partial charge in [0.15, 0.2) is 0 Å². The molecule has 0 fully saturated rings. The van der Waals surface area contributed by atoms with Gasteiger partial charge in [-0.2, -0.15) is 10.4 Å². The molecular formula is C19H13FN4O2. The van der Waals surface area contributed by atoms with Gasteiger partial charge < -0.3 is 9.67 Å². The number of nitrogens with one attached hydrogen (secondary N) is 1. The molecule has 2 aromatic carbocycles. The van der Waals surface area contributed by atoms with E-state index in [2.05, 4.69) is 10.5 Å². The van der Waals surface area contributed by atoms with Crippen LogP contribution in [0.3, 0.4) is 0 Å². The topological polar surface area (TPSA) is 90.4 Å². The molecule has 3 rings (SSSR count). The number of amides is 1. The fourth-order valence-electron chi connectivity index (χ4n) is 2.33. The second-order valence-corrected chi connectivity index (χ2v) is 5.33. The SMILES string of the molecule is N#Cc1ccc(C(=O)N/N=C\c2cccn2-c2ccc(O)cc2)c(F)c1. The normalized spacial score (nSPS) is 10.6. The molecule has 0 radical (unpaired) electrons. The first-order valence-electron chi connectivity index (χ1n) is 7.58. The molecule has 6 nitrogen and oxygen atoms in total. The molecule has 7 heteroatoms. The Kier molecular flexibility index (Phi) is 4.76. The zero-order valence-corrected chi connectivity index (χ0v) is 13.4. The maximum atomic E-state index is 13.8. The van der Waals surface area contributed by atoms with Crippen LogP contribution >= 0.6 is 0 Å². The third kappa shape index (κ3) is 3.60. The highest BCUT2D eigenvalue weighted by atomic mass is 19.1. The molecular weight excluding hydrogens is 335 g/mol. The van der Waals surface area contributed by atoms with E-state index in [0.717, 1.165) is 11.8 Å². The van der Waals surface area contributed by atoms with Crippen LogP contribution in [0.5, 0.6) is 5.75 Å². The van der Waals surface area contributed by atoms with Crippen molar-refractivity contribution in [2.75, 3.05) is 0 Å². The van der Waals surface area contributed by atoms with Crippen molar-refractivity contribution in [3.8, 4) is 17.5 Å². The van der Waals surface area contributed by atoms with Crippen molar-refractivity contribution < 1.29 is 14.3 Å². The minimum atomic E-state index is -0.788. The fraction of sp³-hybridized carbons (Fsp3) is 0.